The summed E-state index contributed by atoms with van der Waals surface area (Å²) in [5.74, 6) is 1.26. The first-order chi connectivity index (χ1) is 11.2. The normalized spacial score (nSPS) is 21.0. The van der Waals surface area contributed by atoms with Gasteiger partial charge in [0, 0.05) is 24.9 Å². The van der Waals surface area contributed by atoms with Gasteiger partial charge in [0.25, 0.3) is 0 Å². The van der Waals surface area contributed by atoms with Crippen LogP contribution in [0.5, 0.6) is 0 Å². The number of nitrogens with two attached hydrogens (primary N) is 1. The lowest BCUT2D eigenvalue weighted by molar-refractivity contribution is 0.0797. The number of aryl methyl sites for hydroxylation is 1. The number of anilines is 2. The molecule has 2 N–H and O–H groups in total. The Hall–Kier alpha value is -1.99. The van der Waals surface area contributed by atoms with Crippen LogP contribution < -0.4 is 10.6 Å². The first-order valence-corrected chi connectivity index (χ1v) is 8.68. The summed E-state index contributed by atoms with van der Waals surface area (Å²) in [4.78, 5) is 16.6. The van der Waals surface area contributed by atoms with Gasteiger partial charge in [0.1, 0.15) is 5.82 Å². The molecule has 0 aliphatic carbocycles. The standard InChI is InChI=1S/C16H19N5OS/c1-10-13-5-11(14-6-18-9-23-14)7-21(12-3-2-4-22-8-12)15(13)20-16(17)19-10/h5-6,9,12H,2-4,7-8H2,1H3,(H2,17,19,20). The minimum Gasteiger partial charge on any atom is -0.379 e. The molecule has 6 nitrogen and oxygen atoms in total. The molecule has 2 aromatic heterocycles. The molecule has 0 aromatic carbocycles. The molecule has 1 fully saturated rings. The van der Waals surface area contributed by atoms with Gasteiger partial charge in [-0.05, 0) is 31.4 Å². The summed E-state index contributed by atoms with van der Waals surface area (Å²) < 4.78 is 5.69. The number of rotatable bonds is 2. The molecular formula is C16H19N5OS. The highest BCUT2D eigenvalue weighted by atomic mass is 32.1. The van der Waals surface area contributed by atoms with E-state index in [2.05, 4.69) is 25.9 Å². The molecular weight excluding hydrogens is 310 g/mol. The largest absolute Gasteiger partial charge is 0.379 e. The molecule has 0 radical (unpaired) electrons. The summed E-state index contributed by atoms with van der Waals surface area (Å²) in [6.07, 6.45) is 6.29. The van der Waals surface area contributed by atoms with Crippen molar-refractivity contribution in [2.75, 3.05) is 30.4 Å². The van der Waals surface area contributed by atoms with E-state index >= 15 is 0 Å². The van der Waals surface area contributed by atoms with E-state index in [1.165, 1.54) is 10.5 Å². The molecule has 2 aliphatic rings. The maximum absolute atomic E-state index is 5.89. The van der Waals surface area contributed by atoms with E-state index in [1.807, 2.05) is 18.6 Å². The third-order valence-corrected chi connectivity index (χ3v) is 5.24. The van der Waals surface area contributed by atoms with E-state index in [0.717, 1.165) is 49.7 Å². The van der Waals surface area contributed by atoms with Crippen molar-refractivity contribution < 1.29 is 4.74 Å². The van der Waals surface area contributed by atoms with Crippen molar-refractivity contribution in [2.24, 2.45) is 0 Å². The van der Waals surface area contributed by atoms with E-state index in [4.69, 9.17) is 10.5 Å². The third kappa shape index (κ3) is 2.70. The van der Waals surface area contributed by atoms with Crippen LogP contribution in [-0.4, -0.2) is 40.8 Å². The molecule has 4 rings (SSSR count). The average molecular weight is 329 g/mol. The van der Waals surface area contributed by atoms with Crippen molar-refractivity contribution in [3.63, 3.8) is 0 Å². The second-order valence-corrected chi connectivity index (χ2v) is 6.82. The first kappa shape index (κ1) is 14.6. The van der Waals surface area contributed by atoms with Gasteiger partial charge >= 0.3 is 0 Å². The summed E-state index contributed by atoms with van der Waals surface area (Å²) >= 11 is 1.66. The van der Waals surface area contributed by atoms with Crippen molar-refractivity contribution in [1.29, 1.82) is 0 Å². The van der Waals surface area contributed by atoms with Crippen molar-refractivity contribution in [1.82, 2.24) is 15.0 Å². The Balaban J connectivity index is 1.80. The molecule has 2 aliphatic heterocycles. The minimum atomic E-state index is 0.327. The predicted molar refractivity (Wildman–Crippen MR) is 92.4 cm³/mol. The van der Waals surface area contributed by atoms with E-state index in [1.54, 1.807) is 11.3 Å². The van der Waals surface area contributed by atoms with Gasteiger partial charge in [0.2, 0.25) is 5.95 Å². The smallest absolute Gasteiger partial charge is 0.222 e. The van der Waals surface area contributed by atoms with E-state index < -0.39 is 0 Å². The van der Waals surface area contributed by atoms with Crippen LogP contribution in [0.15, 0.2) is 11.7 Å². The Morgan fingerprint density at radius 1 is 1.39 bits per heavy atom. The zero-order chi connectivity index (χ0) is 15.8. The van der Waals surface area contributed by atoms with Crippen LogP contribution in [-0.2, 0) is 4.74 Å². The summed E-state index contributed by atoms with van der Waals surface area (Å²) in [5, 5.41) is 0. The quantitative estimate of drug-likeness (QED) is 0.911. The third-order valence-electron chi connectivity index (χ3n) is 4.39. The SMILES string of the molecule is Cc1nc(N)nc2c1C=C(c1cncs1)CN2C1CCCOC1. The monoisotopic (exact) mass is 329 g/mol. The van der Waals surface area contributed by atoms with Crippen LogP contribution in [0.25, 0.3) is 11.6 Å². The average Bonchev–Trinajstić information content (AvgIpc) is 3.09. The number of hydrogen-bond acceptors (Lipinski definition) is 7. The zero-order valence-corrected chi connectivity index (χ0v) is 13.8. The molecule has 0 amide bonds. The molecule has 0 spiro atoms. The Kier molecular flexibility index (Phi) is 3.74. The second kappa shape index (κ2) is 5.90. The molecule has 0 bridgehead atoms. The number of ether oxygens (including phenoxy) is 1. The molecule has 0 saturated carbocycles. The van der Waals surface area contributed by atoms with Gasteiger partial charge in [-0.2, -0.15) is 4.98 Å². The lowest BCUT2D eigenvalue weighted by atomic mass is 10.00. The fraction of sp³-hybridized carbons (Fsp3) is 0.438. The molecule has 1 unspecified atom stereocenters. The van der Waals surface area contributed by atoms with Gasteiger partial charge in [-0.25, -0.2) is 4.98 Å². The Morgan fingerprint density at radius 2 is 2.30 bits per heavy atom. The summed E-state index contributed by atoms with van der Waals surface area (Å²) in [6.45, 7) is 4.37. The van der Waals surface area contributed by atoms with Crippen LogP contribution in [0.2, 0.25) is 0 Å². The Labute approximate surface area is 139 Å². The fourth-order valence-electron chi connectivity index (χ4n) is 3.25. The van der Waals surface area contributed by atoms with E-state index in [0.29, 0.717) is 12.0 Å². The number of fused-ring (bicyclic) bond motifs is 1. The van der Waals surface area contributed by atoms with Crippen LogP contribution in [0.4, 0.5) is 11.8 Å². The van der Waals surface area contributed by atoms with Gasteiger partial charge in [-0.1, -0.05) is 0 Å². The predicted octanol–water partition coefficient (Wildman–Crippen LogP) is 2.36. The number of thiazole rings is 1. The Morgan fingerprint density at radius 3 is 3.04 bits per heavy atom. The molecule has 1 saturated heterocycles. The fourth-order valence-corrected chi connectivity index (χ4v) is 3.88. The van der Waals surface area contributed by atoms with Crippen LogP contribution in [0, 0.1) is 6.92 Å². The van der Waals surface area contributed by atoms with Crippen LogP contribution >= 0.6 is 11.3 Å². The van der Waals surface area contributed by atoms with Gasteiger partial charge in [0.05, 0.1) is 28.7 Å². The van der Waals surface area contributed by atoms with Crippen molar-refractivity contribution >= 4 is 34.8 Å². The highest BCUT2D eigenvalue weighted by Crippen LogP contribution is 2.36. The van der Waals surface area contributed by atoms with Crippen LogP contribution in [0.3, 0.4) is 0 Å². The van der Waals surface area contributed by atoms with E-state index in [-0.39, 0.29) is 0 Å². The first-order valence-electron chi connectivity index (χ1n) is 7.80. The zero-order valence-electron chi connectivity index (χ0n) is 13.0. The molecule has 120 valence electrons. The summed E-state index contributed by atoms with van der Waals surface area (Å²) in [6, 6.07) is 0.327. The topological polar surface area (TPSA) is 77.2 Å². The van der Waals surface area contributed by atoms with Gasteiger partial charge in [-0.15, -0.1) is 11.3 Å². The highest BCUT2D eigenvalue weighted by Gasteiger charge is 2.30. The maximum Gasteiger partial charge on any atom is 0.222 e. The maximum atomic E-state index is 5.89. The highest BCUT2D eigenvalue weighted by molar-refractivity contribution is 7.10. The number of aromatic nitrogens is 3. The number of hydrogen-bond donors (Lipinski definition) is 1. The summed E-state index contributed by atoms with van der Waals surface area (Å²) in [5.41, 5.74) is 11.0. The van der Waals surface area contributed by atoms with Gasteiger partial charge in [-0.3, -0.25) is 4.98 Å². The molecule has 1 atom stereocenters. The summed E-state index contributed by atoms with van der Waals surface area (Å²) in [7, 11) is 0. The Bertz CT molecular complexity index is 737. The lowest BCUT2D eigenvalue weighted by Crippen LogP contribution is -2.44. The number of nitrogens with zero attached hydrogens (tertiary/aromatic N) is 4. The molecule has 23 heavy (non-hydrogen) atoms. The second-order valence-electron chi connectivity index (χ2n) is 5.94. The molecule has 4 heterocycles. The molecule has 7 heteroatoms. The van der Waals surface area contributed by atoms with Crippen molar-refractivity contribution in [3.05, 3.63) is 27.8 Å². The lowest BCUT2D eigenvalue weighted by Gasteiger charge is -2.38. The van der Waals surface area contributed by atoms with E-state index in [9.17, 15) is 0 Å². The molecule has 2 aromatic rings. The minimum absolute atomic E-state index is 0.327. The van der Waals surface area contributed by atoms with Crippen molar-refractivity contribution in [2.45, 2.75) is 25.8 Å². The number of nitrogen functional groups attached to an aromatic ring is 1. The van der Waals surface area contributed by atoms with Crippen molar-refractivity contribution in [3.8, 4) is 0 Å². The van der Waals surface area contributed by atoms with Gasteiger partial charge in [0.15, 0.2) is 0 Å². The van der Waals surface area contributed by atoms with Gasteiger partial charge < -0.3 is 15.4 Å². The van der Waals surface area contributed by atoms with Crippen LogP contribution in [0.1, 0.15) is 29.0 Å².